The van der Waals surface area contributed by atoms with Crippen LogP contribution in [0, 0.1) is 0 Å². The van der Waals surface area contributed by atoms with Crippen molar-refractivity contribution in [2.45, 2.75) is 13.0 Å². The van der Waals surface area contributed by atoms with Crippen LogP contribution in [0.2, 0.25) is 0 Å². The SMILES string of the molecule is CCOc1cncc(C(NC)c2cccc(N(C)C)c2)c1. The van der Waals surface area contributed by atoms with Gasteiger partial charge in [-0.2, -0.15) is 0 Å². The fourth-order valence-electron chi connectivity index (χ4n) is 2.35. The van der Waals surface area contributed by atoms with E-state index in [4.69, 9.17) is 4.74 Å². The van der Waals surface area contributed by atoms with Gasteiger partial charge in [0.2, 0.25) is 0 Å². The molecule has 1 atom stereocenters. The van der Waals surface area contributed by atoms with E-state index in [2.05, 4.69) is 39.5 Å². The van der Waals surface area contributed by atoms with Gasteiger partial charge in [0.25, 0.3) is 0 Å². The van der Waals surface area contributed by atoms with Crippen LogP contribution < -0.4 is 15.0 Å². The standard InChI is InChI=1S/C17H23N3O/c1-5-21-16-10-14(11-19-12-16)17(18-2)13-7-6-8-15(9-13)20(3)4/h6-12,17-18H,5H2,1-4H3. The van der Waals surface area contributed by atoms with E-state index in [1.807, 2.05) is 40.3 Å². The molecular weight excluding hydrogens is 262 g/mol. The molecule has 0 spiro atoms. The monoisotopic (exact) mass is 285 g/mol. The van der Waals surface area contributed by atoms with Crippen LogP contribution in [0.1, 0.15) is 24.1 Å². The van der Waals surface area contributed by atoms with Gasteiger partial charge in [0.1, 0.15) is 5.75 Å². The molecule has 1 heterocycles. The minimum absolute atomic E-state index is 0.0952. The number of ether oxygens (including phenoxy) is 1. The summed E-state index contributed by atoms with van der Waals surface area (Å²) in [7, 11) is 6.05. The van der Waals surface area contributed by atoms with Crippen molar-refractivity contribution in [3.05, 3.63) is 53.9 Å². The summed E-state index contributed by atoms with van der Waals surface area (Å²) in [5.41, 5.74) is 3.49. The summed E-state index contributed by atoms with van der Waals surface area (Å²) in [4.78, 5) is 6.38. The Morgan fingerprint density at radius 3 is 2.67 bits per heavy atom. The molecule has 1 N–H and O–H groups in total. The number of rotatable bonds is 6. The van der Waals surface area contributed by atoms with Crippen molar-refractivity contribution in [1.82, 2.24) is 10.3 Å². The van der Waals surface area contributed by atoms with Crippen molar-refractivity contribution in [3.63, 3.8) is 0 Å². The lowest BCUT2D eigenvalue weighted by Gasteiger charge is -2.20. The third kappa shape index (κ3) is 3.73. The highest BCUT2D eigenvalue weighted by Gasteiger charge is 2.14. The molecule has 0 aliphatic carbocycles. The fraction of sp³-hybridized carbons (Fsp3) is 0.353. The number of hydrogen-bond donors (Lipinski definition) is 1. The molecule has 2 aromatic rings. The topological polar surface area (TPSA) is 37.4 Å². The number of anilines is 1. The predicted octanol–water partition coefficient (Wildman–Crippen LogP) is 2.86. The second-order valence-electron chi connectivity index (χ2n) is 5.10. The van der Waals surface area contributed by atoms with Crippen molar-refractivity contribution in [1.29, 1.82) is 0 Å². The van der Waals surface area contributed by atoms with Crippen LogP contribution in [0.5, 0.6) is 5.75 Å². The summed E-state index contributed by atoms with van der Waals surface area (Å²) >= 11 is 0. The molecule has 21 heavy (non-hydrogen) atoms. The van der Waals surface area contributed by atoms with Gasteiger partial charge in [-0.3, -0.25) is 4.98 Å². The Balaban J connectivity index is 2.35. The fourth-order valence-corrected chi connectivity index (χ4v) is 2.35. The Labute approximate surface area is 126 Å². The first kappa shape index (κ1) is 15.3. The number of pyridine rings is 1. The Morgan fingerprint density at radius 1 is 1.19 bits per heavy atom. The van der Waals surface area contributed by atoms with E-state index in [0.29, 0.717) is 6.61 Å². The summed E-state index contributed by atoms with van der Waals surface area (Å²) in [6, 6.07) is 10.6. The largest absolute Gasteiger partial charge is 0.492 e. The van der Waals surface area contributed by atoms with E-state index < -0.39 is 0 Å². The van der Waals surface area contributed by atoms with Crippen LogP contribution in [-0.4, -0.2) is 32.7 Å². The lowest BCUT2D eigenvalue weighted by Crippen LogP contribution is -2.18. The predicted molar refractivity (Wildman–Crippen MR) is 87.1 cm³/mol. The Morgan fingerprint density at radius 2 is 2.00 bits per heavy atom. The molecule has 0 aliphatic heterocycles. The number of nitrogens with one attached hydrogen (secondary N) is 1. The molecule has 1 aromatic carbocycles. The zero-order chi connectivity index (χ0) is 15.2. The molecule has 1 unspecified atom stereocenters. The molecule has 4 nitrogen and oxygen atoms in total. The van der Waals surface area contributed by atoms with Gasteiger partial charge in [0, 0.05) is 26.0 Å². The molecule has 0 fully saturated rings. The molecule has 2 rings (SSSR count). The van der Waals surface area contributed by atoms with Gasteiger partial charge < -0.3 is 15.0 Å². The van der Waals surface area contributed by atoms with Gasteiger partial charge in [-0.25, -0.2) is 0 Å². The zero-order valence-electron chi connectivity index (χ0n) is 13.1. The van der Waals surface area contributed by atoms with Gasteiger partial charge in [0.05, 0.1) is 18.8 Å². The molecule has 0 bridgehead atoms. The smallest absolute Gasteiger partial charge is 0.137 e. The third-order valence-corrected chi connectivity index (χ3v) is 3.39. The normalized spacial score (nSPS) is 12.0. The molecule has 0 saturated carbocycles. The van der Waals surface area contributed by atoms with E-state index in [0.717, 1.165) is 11.3 Å². The zero-order valence-corrected chi connectivity index (χ0v) is 13.1. The van der Waals surface area contributed by atoms with E-state index in [1.165, 1.54) is 11.3 Å². The molecular formula is C17H23N3O. The van der Waals surface area contributed by atoms with Crippen molar-refractivity contribution in [3.8, 4) is 5.75 Å². The van der Waals surface area contributed by atoms with Gasteiger partial charge in [-0.05, 0) is 43.3 Å². The van der Waals surface area contributed by atoms with Crippen LogP contribution in [-0.2, 0) is 0 Å². The van der Waals surface area contributed by atoms with E-state index in [-0.39, 0.29) is 6.04 Å². The summed E-state index contributed by atoms with van der Waals surface area (Å²) in [5, 5.41) is 3.36. The molecule has 0 aliphatic rings. The number of nitrogens with zero attached hydrogens (tertiary/aromatic N) is 2. The van der Waals surface area contributed by atoms with Crippen LogP contribution in [0.4, 0.5) is 5.69 Å². The first-order valence-corrected chi connectivity index (χ1v) is 7.18. The summed E-state index contributed by atoms with van der Waals surface area (Å²) < 4.78 is 5.54. The average Bonchev–Trinajstić information content (AvgIpc) is 2.49. The third-order valence-electron chi connectivity index (χ3n) is 3.39. The minimum atomic E-state index is 0.0952. The van der Waals surface area contributed by atoms with E-state index >= 15 is 0 Å². The average molecular weight is 285 g/mol. The quantitative estimate of drug-likeness (QED) is 0.885. The molecule has 112 valence electrons. The number of hydrogen-bond acceptors (Lipinski definition) is 4. The van der Waals surface area contributed by atoms with Gasteiger partial charge >= 0.3 is 0 Å². The maximum Gasteiger partial charge on any atom is 0.137 e. The lowest BCUT2D eigenvalue weighted by molar-refractivity contribution is 0.338. The van der Waals surface area contributed by atoms with Gasteiger partial charge in [-0.1, -0.05) is 12.1 Å². The first-order chi connectivity index (χ1) is 10.2. The van der Waals surface area contributed by atoms with E-state index in [1.54, 1.807) is 6.20 Å². The number of benzene rings is 1. The maximum atomic E-state index is 5.54. The van der Waals surface area contributed by atoms with Crippen LogP contribution in [0.15, 0.2) is 42.7 Å². The summed E-state index contributed by atoms with van der Waals surface area (Å²) in [6.07, 6.45) is 3.63. The molecule has 0 amide bonds. The Hall–Kier alpha value is -2.07. The number of aromatic nitrogens is 1. The first-order valence-electron chi connectivity index (χ1n) is 7.18. The Kier molecular flexibility index (Phi) is 5.17. The molecule has 0 saturated heterocycles. The van der Waals surface area contributed by atoms with Crippen LogP contribution >= 0.6 is 0 Å². The van der Waals surface area contributed by atoms with Crippen molar-refractivity contribution < 1.29 is 4.74 Å². The van der Waals surface area contributed by atoms with Crippen LogP contribution in [0.25, 0.3) is 0 Å². The van der Waals surface area contributed by atoms with Gasteiger partial charge in [-0.15, -0.1) is 0 Å². The van der Waals surface area contributed by atoms with Crippen molar-refractivity contribution in [2.75, 3.05) is 32.6 Å². The highest BCUT2D eigenvalue weighted by molar-refractivity contribution is 5.49. The van der Waals surface area contributed by atoms with Crippen molar-refractivity contribution in [2.24, 2.45) is 0 Å². The minimum Gasteiger partial charge on any atom is -0.492 e. The second kappa shape index (κ2) is 7.09. The highest BCUT2D eigenvalue weighted by Crippen LogP contribution is 2.26. The summed E-state index contributed by atoms with van der Waals surface area (Å²) in [6.45, 7) is 2.62. The molecule has 1 aromatic heterocycles. The highest BCUT2D eigenvalue weighted by atomic mass is 16.5. The maximum absolute atomic E-state index is 5.54. The van der Waals surface area contributed by atoms with E-state index in [9.17, 15) is 0 Å². The summed E-state index contributed by atoms with van der Waals surface area (Å²) in [5.74, 6) is 0.805. The molecule has 0 radical (unpaired) electrons. The van der Waals surface area contributed by atoms with Gasteiger partial charge in [0.15, 0.2) is 0 Å². The second-order valence-corrected chi connectivity index (χ2v) is 5.10. The van der Waals surface area contributed by atoms with Crippen LogP contribution in [0.3, 0.4) is 0 Å². The molecule has 4 heteroatoms. The lowest BCUT2D eigenvalue weighted by atomic mass is 9.99. The Bertz CT molecular complexity index is 584. The van der Waals surface area contributed by atoms with Crippen molar-refractivity contribution >= 4 is 5.69 Å².